The van der Waals surface area contributed by atoms with Gasteiger partial charge in [0, 0.05) is 37.8 Å². The van der Waals surface area contributed by atoms with Crippen LogP contribution in [0.15, 0.2) is 63.2 Å². The van der Waals surface area contributed by atoms with E-state index >= 15 is 0 Å². The maximum Gasteiger partial charge on any atom is 0.211 e. The van der Waals surface area contributed by atoms with Gasteiger partial charge in [0.25, 0.3) is 0 Å². The van der Waals surface area contributed by atoms with E-state index < -0.39 is 5.79 Å². The number of aliphatic imine (C=N–C) groups is 1. The Kier molecular flexibility index (Phi) is 5.11. The van der Waals surface area contributed by atoms with E-state index in [1.165, 1.54) is 0 Å². The van der Waals surface area contributed by atoms with E-state index in [1.54, 1.807) is 0 Å². The Balaban J connectivity index is 1.99. The summed E-state index contributed by atoms with van der Waals surface area (Å²) < 4.78 is 0.961. The molecule has 7 heteroatoms. The van der Waals surface area contributed by atoms with Crippen molar-refractivity contribution in [3.05, 3.63) is 79.4 Å². The summed E-state index contributed by atoms with van der Waals surface area (Å²) in [5, 5.41) is 4.50. The molecule has 2 aromatic carbocycles. The molecule has 0 amide bonds. The molecule has 5 N–H and O–H groups in total. The Hall–Kier alpha value is -1.53. The molecule has 0 radical (unpaired) electrons. The summed E-state index contributed by atoms with van der Waals surface area (Å²) >= 11 is 16.0. The molecule has 0 aromatic heterocycles. The van der Waals surface area contributed by atoms with Crippen LogP contribution in [0, 0.1) is 0 Å². The molecule has 4 nitrogen and oxygen atoms in total. The molecule has 1 heterocycles. The number of nitrogens with zero attached hydrogens (tertiary/aromatic N) is 1. The fraction of sp³-hybridized carbons (Fsp3) is 0.167. The molecule has 0 aliphatic carbocycles. The Labute approximate surface area is 165 Å². The van der Waals surface area contributed by atoms with Gasteiger partial charge in [-0.2, -0.15) is 0 Å². The molecular weight excluding hydrogens is 423 g/mol. The van der Waals surface area contributed by atoms with Crippen LogP contribution in [0.3, 0.4) is 0 Å². The van der Waals surface area contributed by atoms with Crippen LogP contribution in [0.25, 0.3) is 0 Å². The highest BCUT2D eigenvalue weighted by Gasteiger charge is 2.32. The van der Waals surface area contributed by atoms with Crippen molar-refractivity contribution >= 4 is 45.0 Å². The van der Waals surface area contributed by atoms with E-state index in [2.05, 4.69) is 26.2 Å². The van der Waals surface area contributed by atoms with E-state index in [0.29, 0.717) is 22.3 Å². The van der Waals surface area contributed by atoms with Crippen molar-refractivity contribution in [3.8, 4) is 0 Å². The summed E-state index contributed by atoms with van der Waals surface area (Å²) in [6, 6.07) is 13.0. The van der Waals surface area contributed by atoms with E-state index in [1.807, 2.05) is 49.4 Å². The number of hydrogen-bond acceptors (Lipinski definition) is 4. The first-order valence-electron chi connectivity index (χ1n) is 7.61. The summed E-state index contributed by atoms with van der Waals surface area (Å²) in [6.45, 7) is 1.90. The fourth-order valence-corrected chi connectivity index (χ4v) is 3.47. The number of hydrogen-bond donors (Lipinski definition) is 3. The van der Waals surface area contributed by atoms with Gasteiger partial charge < -0.3 is 11.1 Å². The molecule has 0 bridgehead atoms. The molecule has 0 saturated carbocycles. The highest BCUT2D eigenvalue weighted by molar-refractivity contribution is 9.10. The van der Waals surface area contributed by atoms with Crippen LogP contribution in [-0.2, 0) is 12.2 Å². The minimum Gasteiger partial charge on any atom is -0.384 e. The quantitative estimate of drug-likeness (QED) is 0.667. The summed E-state index contributed by atoms with van der Waals surface area (Å²) in [7, 11) is 0. The van der Waals surface area contributed by atoms with Crippen molar-refractivity contribution in [3.63, 3.8) is 0 Å². The zero-order chi connectivity index (χ0) is 18.2. The topological polar surface area (TPSA) is 76.4 Å². The van der Waals surface area contributed by atoms with E-state index in [-0.39, 0.29) is 0 Å². The maximum atomic E-state index is 6.51. The Morgan fingerprint density at radius 3 is 2.32 bits per heavy atom. The summed E-state index contributed by atoms with van der Waals surface area (Å²) in [6.07, 6.45) is 0.482. The van der Waals surface area contributed by atoms with Gasteiger partial charge in [-0.25, -0.2) is 4.99 Å². The SMILES string of the molecule is CC1=C(Cc2c(Cl)cccc2Cl)NC(N)(c2ccc(Br)cc2)N=C1N. The molecule has 130 valence electrons. The first-order valence-corrected chi connectivity index (χ1v) is 9.16. The van der Waals surface area contributed by atoms with Crippen molar-refractivity contribution in [1.82, 2.24) is 5.32 Å². The van der Waals surface area contributed by atoms with Gasteiger partial charge in [-0.15, -0.1) is 0 Å². The number of nitrogens with two attached hydrogens (primary N) is 2. The third-order valence-electron chi connectivity index (χ3n) is 4.17. The monoisotopic (exact) mass is 438 g/mol. The van der Waals surface area contributed by atoms with Crippen LogP contribution in [-0.4, -0.2) is 5.84 Å². The molecule has 25 heavy (non-hydrogen) atoms. The zero-order valence-corrected chi connectivity index (χ0v) is 16.6. The molecule has 0 saturated heterocycles. The van der Waals surface area contributed by atoms with Gasteiger partial charge in [-0.3, -0.25) is 5.73 Å². The second-order valence-corrected chi connectivity index (χ2v) is 7.61. The summed E-state index contributed by atoms with van der Waals surface area (Å²) in [5.74, 6) is -0.754. The van der Waals surface area contributed by atoms with Gasteiger partial charge in [-0.05, 0) is 36.8 Å². The van der Waals surface area contributed by atoms with Crippen LogP contribution in [0.1, 0.15) is 18.1 Å². The molecule has 0 spiro atoms. The third-order valence-corrected chi connectivity index (χ3v) is 5.41. The van der Waals surface area contributed by atoms with Crippen LogP contribution >= 0.6 is 39.1 Å². The average molecular weight is 440 g/mol. The number of rotatable bonds is 3. The number of nitrogens with one attached hydrogen (secondary N) is 1. The summed E-state index contributed by atoms with van der Waals surface area (Å²) in [4.78, 5) is 4.45. The highest BCUT2D eigenvalue weighted by atomic mass is 79.9. The van der Waals surface area contributed by atoms with Crippen molar-refractivity contribution in [2.75, 3.05) is 0 Å². The Morgan fingerprint density at radius 1 is 1.12 bits per heavy atom. The van der Waals surface area contributed by atoms with E-state index in [9.17, 15) is 0 Å². The molecule has 1 atom stereocenters. The van der Waals surface area contributed by atoms with Crippen LogP contribution < -0.4 is 16.8 Å². The Bertz CT molecular complexity index is 857. The van der Waals surface area contributed by atoms with Crippen molar-refractivity contribution in [1.29, 1.82) is 0 Å². The molecule has 1 aliphatic rings. The number of allylic oxidation sites excluding steroid dienone is 1. The van der Waals surface area contributed by atoms with Crippen LogP contribution in [0.5, 0.6) is 0 Å². The van der Waals surface area contributed by atoms with Gasteiger partial charge in [-0.1, -0.05) is 57.3 Å². The normalized spacial score (nSPS) is 20.3. The van der Waals surface area contributed by atoms with Gasteiger partial charge in [0.15, 0.2) is 0 Å². The predicted molar refractivity (Wildman–Crippen MR) is 108 cm³/mol. The third kappa shape index (κ3) is 3.70. The molecular formula is C18H17BrCl2N4. The van der Waals surface area contributed by atoms with Gasteiger partial charge in [0.2, 0.25) is 5.79 Å². The van der Waals surface area contributed by atoms with Crippen molar-refractivity contribution in [2.45, 2.75) is 19.1 Å². The second kappa shape index (κ2) is 7.00. The number of amidine groups is 1. The largest absolute Gasteiger partial charge is 0.384 e. The van der Waals surface area contributed by atoms with Crippen molar-refractivity contribution < 1.29 is 0 Å². The van der Waals surface area contributed by atoms with E-state index in [4.69, 9.17) is 34.7 Å². The molecule has 3 rings (SSSR count). The predicted octanol–water partition coefficient (Wildman–Crippen LogP) is 4.30. The lowest BCUT2D eigenvalue weighted by Crippen LogP contribution is -2.53. The first kappa shape index (κ1) is 18.3. The van der Waals surface area contributed by atoms with Crippen LogP contribution in [0.2, 0.25) is 10.0 Å². The fourth-order valence-electron chi connectivity index (χ4n) is 2.68. The van der Waals surface area contributed by atoms with E-state index in [0.717, 1.165) is 26.9 Å². The van der Waals surface area contributed by atoms with Gasteiger partial charge in [0.1, 0.15) is 5.84 Å². The standard InChI is InChI=1S/C18H17BrCl2N4/c1-10-16(9-13-14(20)3-2-4-15(13)21)24-18(23,25-17(10)22)11-5-7-12(19)8-6-11/h2-8,24H,9,23H2,1H3,(H2,22,25). The smallest absolute Gasteiger partial charge is 0.211 e. The van der Waals surface area contributed by atoms with Gasteiger partial charge in [0.05, 0.1) is 0 Å². The van der Waals surface area contributed by atoms with Gasteiger partial charge >= 0.3 is 0 Å². The minimum absolute atomic E-state index is 0.391. The number of benzene rings is 2. The second-order valence-electron chi connectivity index (χ2n) is 5.88. The maximum absolute atomic E-state index is 6.51. The lowest BCUT2D eigenvalue weighted by Gasteiger charge is -2.34. The Morgan fingerprint density at radius 2 is 1.72 bits per heavy atom. The molecule has 2 aromatic rings. The van der Waals surface area contributed by atoms with Crippen molar-refractivity contribution in [2.24, 2.45) is 16.5 Å². The van der Waals surface area contributed by atoms with Crippen LogP contribution in [0.4, 0.5) is 0 Å². The lowest BCUT2D eigenvalue weighted by molar-refractivity contribution is 0.387. The molecule has 0 fully saturated rings. The first-order chi connectivity index (χ1) is 11.8. The average Bonchev–Trinajstić information content (AvgIpc) is 2.56. The number of halogens is 3. The molecule has 1 unspecified atom stereocenters. The summed E-state index contributed by atoms with van der Waals surface area (Å²) in [5.41, 5.74) is 15.9. The lowest BCUT2D eigenvalue weighted by atomic mass is 10.00. The minimum atomic E-state index is -1.15. The molecule has 1 aliphatic heterocycles. The zero-order valence-electron chi connectivity index (χ0n) is 13.5. The highest BCUT2D eigenvalue weighted by Crippen LogP contribution is 2.31.